The average molecular weight is 402 g/mol. The van der Waals surface area contributed by atoms with Gasteiger partial charge >= 0.3 is 0 Å². The van der Waals surface area contributed by atoms with Crippen LogP contribution in [0.3, 0.4) is 0 Å². The summed E-state index contributed by atoms with van der Waals surface area (Å²) in [5, 5.41) is 6.49. The van der Waals surface area contributed by atoms with Crippen molar-refractivity contribution in [2.45, 2.75) is 0 Å². The topological polar surface area (TPSA) is 67.2 Å². The molecule has 0 fully saturated rings. The maximum absolute atomic E-state index is 11.9. The van der Waals surface area contributed by atoms with E-state index in [1.807, 2.05) is 12.1 Å². The second-order valence-electron chi connectivity index (χ2n) is 4.13. The second-order valence-corrected chi connectivity index (χ2v) is 5.73. The molecule has 0 bridgehead atoms. The first kappa shape index (κ1) is 14.9. The van der Waals surface area contributed by atoms with E-state index in [2.05, 4.69) is 33.2 Å². The highest BCUT2D eigenvalue weighted by Gasteiger charge is 2.11. The lowest BCUT2D eigenvalue weighted by Gasteiger charge is -2.13. The lowest BCUT2D eigenvalue weighted by molar-refractivity contribution is 0.0964. The smallest absolute Gasteiger partial charge is 0.253 e. The fourth-order valence-corrected chi connectivity index (χ4v) is 2.74. The van der Waals surface area contributed by atoms with Crippen LogP contribution in [-0.2, 0) is 0 Å². The number of amides is 1. The molecule has 0 saturated heterocycles. The van der Waals surface area contributed by atoms with Gasteiger partial charge in [0.2, 0.25) is 0 Å². The van der Waals surface area contributed by atoms with E-state index in [1.54, 1.807) is 31.3 Å². The molecule has 0 aromatic heterocycles. The number of rotatable bonds is 3. The average Bonchev–Trinajstić information content (AvgIpc) is 2.41. The first-order valence-electron chi connectivity index (χ1n) is 5.85. The molecule has 2 aromatic carbocycles. The number of carbonyl (C=O) groups is 1. The Balaban J connectivity index is 2.41. The van der Waals surface area contributed by atoms with E-state index in [9.17, 15) is 4.79 Å². The van der Waals surface area contributed by atoms with Crippen molar-refractivity contribution in [3.8, 4) is 0 Å². The van der Waals surface area contributed by atoms with Crippen LogP contribution in [0, 0.1) is 3.57 Å². The molecule has 0 saturated carbocycles. The van der Waals surface area contributed by atoms with Gasteiger partial charge in [-0.3, -0.25) is 4.79 Å². The Morgan fingerprint density at radius 3 is 2.60 bits per heavy atom. The molecule has 104 valence electrons. The van der Waals surface area contributed by atoms with Gasteiger partial charge in [0, 0.05) is 21.3 Å². The van der Waals surface area contributed by atoms with Gasteiger partial charge in [-0.1, -0.05) is 11.6 Å². The van der Waals surface area contributed by atoms with Crippen molar-refractivity contribution in [1.29, 1.82) is 0 Å². The van der Waals surface area contributed by atoms with Crippen molar-refractivity contribution < 1.29 is 4.79 Å². The molecule has 0 heterocycles. The van der Waals surface area contributed by atoms with E-state index < -0.39 is 0 Å². The number of hydrogen-bond acceptors (Lipinski definition) is 3. The Morgan fingerprint density at radius 1 is 1.20 bits per heavy atom. The number of nitrogens with two attached hydrogens (primary N) is 1. The second kappa shape index (κ2) is 6.32. The zero-order valence-electron chi connectivity index (χ0n) is 10.7. The molecule has 4 N–H and O–H groups in total. The summed E-state index contributed by atoms with van der Waals surface area (Å²) in [4.78, 5) is 11.9. The zero-order valence-corrected chi connectivity index (χ0v) is 13.6. The number of nitrogen functional groups attached to an aromatic ring is 1. The Morgan fingerprint density at radius 2 is 1.95 bits per heavy atom. The Kier molecular flexibility index (Phi) is 4.72. The maximum Gasteiger partial charge on any atom is 0.253 e. The Bertz CT molecular complexity index is 661. The van der Waals surface area contributed by atoms with Crippen LogP contribution in [0.4, 0.5) is 17.1 Å². The predicted octanol–water partition coefficient (Wildman–Crippen LogP) is 3.63. The van der Waals surface area contributed by atoms with E-state index in [0.717, 1.165) is 9.26 Å². The van der Waals surface area contributed by atoms with E-state index in [1.165, 1.54) is 0 Å². The molecular weight excluding hydrogens is 389 g/mol. The summed E-state index contributed by atoms with van der Waals surface area (Å²) in [6.45, 7) is 0. The molecule has 0 atom stereocenters. The third-order valence-corrected chi connectivity index (χ3v) is 3.84. The highest BCUT2D eigenvalue weighted by Crippen LogP contribution is 2.28. The molecule has 1 amide bonds. The zero-order chi connectivity index (χ0) is 14.7. The fraction of sp³-hybridized carbons (Fsp3) is 0.0714. The molecule has 4 nitrogen and oxygen atoms in total. The van der Waals surface area contributed by atoms with Gasteiger partial charge < -0.3 is 16.4 Å². The van der Waals surface area contributed by atoms with Crippen molar-refractivity contribution in [2.24, 2.45) is 0 Å². The van der Waals surface area contributed by atoms with Crippen molar-refractivity contribution in [2.75, 3.05) is 18.1 Å². The van der Waals surface area contributed by atoms with E-state index >= 15 is 0 Å². The maximum atomic E-state index is 11.9. The molecular formula is C14H13ClIN3O. The van der Waals surface area contributed by atoms with Crippen LogP contribution in [-0.4, -0.2) is 13.0 Å². The first-order valence-corrected chi connectivity index (χ1v) is 7.30. The summed E-state index contributed by atoms with van der Waals surface area (Å²) in [5.41, 5.74) is 8.44. The normalized spacial score (nSPS) is 10.2. The van der Waals surface area contributed by atoms with Crippen molar-refractivity contribution >= 4 is 57.2 Å². The van der Waals surface area contributed by atoms with Crippen LogP contribution in [0.5, 0.6) is 0 Å². The Labute approximate surface area is 135 Å². The van der Waals surface area contributed by atoms with E-state index in [4.69, 9.17) is 17.3 Å². The fourth-order valence-electron chi connectivity index (χ4n) is 1.73. The summed E-state index contributed by atoms with van der Waals surface area (Å²) in [6, 6.07) is 10.6. The van der Waals surface area contributed by atoms with Crippen LogP contribution < -0.4 is 16.4 Å². The molecule has 0 unspecified atom stereocenters. The van der Waals surface area contributed by atoms with Gasteiger partial charge in [0.15, 0.2) is 0 Å². The molecule has 0 aliphatic heterocycles. The van der Waals surface area contributed by atoms with Crippen molar-refractivity contribution in [1.82, 2.24) is 5.32 Å². The quantitative estimate of drug-likeness (QED) is 0.543. The van der Waals surface area contributed by atoms with Crippen molar-refractivity contribution in [3.63, 3.8) is 0 Å². The van der Waals surface area contributed by atoms with Crippen molar-refractivity contribution in [3.05, 3.63) is 50.6 Å². The molecule has 0 spiro atoms. The summed E-state index contributed by atoms with van der Waals surface area (Å²) in [7, 11) is 1.59. The molecule has 0 radical (unpaired) electrons. The molecule has 0 aliphatic carbocycles. The summed E-state index contributed by atoms with van der Waals surface area (Å²) < 4.78 is 0.959. The standard InChI is InChI=1S/C14H13ClIN3O/c1-18-14(20)10-4-3-9(17)7-13(10)19-12-5-2-8(15)6-11(12)16/h2-7,19H,17H2,1H3,(H,18,20). The number of carbonyl (C=O) groups excluding carboxylic acids is 1. The summed E-state index contributed by atoms with van der Waals surface area (Å²) in [6.07, 6.45) is 0. The number of nitrogens with one attached hydrogen (secondary N) is 2. The molecule has 2 rings (SSSR count). The van der Waals surface area contributed by atoms with Crippen LogP contribution in [0.15, 0.2) is 36.4 Å². The van der Waals surface area contributed by atoms with Crippen LogP contribution in [0.1, 0.15) is 10.4 Å². The molecule has 20 heavy (non-hydrogen) atoms. The van der Waals surface area contributed by atoms with Crippen LogP contribution in [0.2, 0.25) is 5.02 Å². The Hall–Kier alpha value is -1.47. The van der Waals surface area contributed by atoms with Gasteiger partial charge in [0.1, 0.15) is 0 Å². The molecule has 0 aliphatic rings. The first-order chi connectivity index (χ1) is 9.51. The van der Waals surface area contributed by atoms with Gasteiger partial charge in [-0.15, -0.1) is 0 Å². The minimum absolute atomic E-state index is 0.170. The minimum Gasteiger partial charge on any atom is -0.399 e. The number of benzene rings is 2. The summed E-state index contributed by atoms with van der Waals surface area (Å²) in [5.74, 6) is -0.170. The van der Waals surface area contributed by atoms with E-state index in [0.29, 0.717) is 22.0 Å². The lowest BCUT2D eigenvalue weighted by atomic mass is 10.1. The van der Waals surface area contributed by atoms with Gasteiger partial charge in [0.05, 0.1) is 16.9 Å². The number of hydrogen-bond donors (Lipinski definition) is 3. The lowest BCUT2D eigenvalue weighted by Crippen LogP contribution is -2.19. The van der Waals surface area contributed by atoms with Gasteiger partial charge in [-0.25, -0.2) is 0 Å². The van der Waals surface area contributed by atoms with Gasteiger partial charge in [-0.05, 0) is 59.0 Å². The number of anilines is 3. The minimum atomic E-state index is -0.170. The van der Waals surface area contributed by atoms with Gasteiger partial charge in [-0.2, -0.15) is 0 Å². The van der Waals surface area contributed by atoms with Crippen LogP contribution >= 0.6 is 34.2 Å². The molecule has 2 aromatic rings. The third kappa shape index (κ3) is 3.34. The number of halogens is 2. The monoisotopic (exact) mass is 401 g/mol. The summed E-state index contributed by atoms with van der Waals surface area (Å²) >= 11 is 8.11. The van der Waals surface area contributed by atoms with E-state index in [-0.39, 0.29) is 5.91 Å². The third-order valence-electron chi connectivity index (χ3n) is 2.72. The predicted molar refractivity (Wildman–Crippen MR) is 91.7 cm³/mol. The highest BCUT2D eigenvalue weighted by atomic mass is 127. The SMILES string of the molecule is CNC(=O)c1ccc(N)cc1Nc1ccc(Cl)cc1I. The molecule has 6 heteroatoms. The van der Waals surface area contributed by atoms with Gasteiger partial charge in [0.25, 0.3) is 5.91 Å². The van der Waals surface area contributed by atoms with Crippen LogP contribution in [0.25, 0.3) is 0 Å². The highest BCUT2D eigenvalue weighted by molar-refractivity contribution is 14.1. The largest absolute Gasteiger partial charge is 0.399 e.